The number of anilines is 1. The van der Waals surface area contributed by atoms with Gasteiger partial charge in [-0.15, -0.1) is 0 Å². The fraction of sp³-hybridized carbons (Fsp3) is 0.182. The standard InChI is InChI=1S/C22H19ClN6O/c23-16-10-13(9-14-11-25-29-17(14)16)19-18(12-5-2-1-3-6-12)28-21(24)20(27-19)22(30)26-15-7-4-8-15/h1-3,5-6,9-11,15H,4,7-8H2,(H2,24,28)(H,25,29)(H,26,30). The first-order valence-electron chi connectivity index (χ1n) is 9.77. The zero-order valence-electron chi connectivity index (χ0n) is 16.0. The summed E-state index contributed by atoms with van der Waals surface area (Å²) in [6.07, 6.45) is 4.76. The number of benzene rings is 2. The minimum atomic E-state index is -0.305. The number of nitrogens with two attached hydrogens (primary N) is 1. The van der Waals surface area contributed by atoms with Gasteiger partial charge in [0.1, 0.15) is 0 Å². The van der Waals surface area contributed by atoms with Gasteiger partial charge in [-0.05, 0) is 31.4 Å². The van der Waals surface area contributed by atoms with E-state index in [2.05, 4.69) is 25.5 Å². The third kappa shape index (κ3) is 3.27. The Kier molecular flexibility index (Phi) is 4.59. The predicted octanol–water partition coefficient (Wildman–Crippen LogP) is 4.20. The molecule has 1 amide bonds. The highest BCUT2D eigenvalue weighted by molar-refractivity contribution is 6.35. The van der Waals surface area contributed by atoms with Crippen LogP contribution in [0.2, 0.25) is 5.02 Å². The molecule has 0 saturated heterocycles. The number of hydrogen-bond acceptors (Lipinski definition) is 5. The summed E-state index contributed by atoms with van der Waals surface area (Å²) in [7, 11) is 0. The topological polar surface area (TPSA) is 110 Å². The zero-order valence-corrected chi connectivity index (χ0v) is 16.8. The van der Waals surface area contributed by atoms with Crippen LogP contribution in [0, 0.1) is 0 Å². The van der Waals surface area contributed by atoms with E-state index >= 15 is 0 Å². The molecule has 2 aromatic heterocycles. The minimum absolute atomic E-state index is 0.102. The summed E-state index contributed by atoms with van der Waals surface area (Å²) in [5.74, 6) is -0.203. The highest BCUT2D eigenvalue weighted by atomic mass is 35.5. The second kappa shape index (κ2) is 7.42. The molecular formula is C22H19ClN6O. The average Bonchev–Trinajstić information content (AvgIpc) is 3.20. The van der Waals surface area contributed by atoms with Gasteiger partial charge < -0.3 is 11.1 Å². The van der Waals surface area contributed by atoms with Crippen molar-refractivity contribution in [1.29, 1.82) is 0 Å². The van der Waals surface area contributed by atoms with Crippen molar-refractivity contribution in [2.45, 2.75) is 25.3 Å². The fourth-order valence-corrected chi connectivity index (χ4v) is 3.84. The van der Waals surface area contributed by atoms with Gasteiger partial charge in [0.15, 0.2) is 11.5 Å². The van der Waals surface area contributed by atoms with E-state index in [0.717, 1.165) is 41.3 Å². The Balaban J connectivity index is 1.68. The van der Waals surface area contributed by atoms with E-state index in [1.807, 2.05) is 36.4 Å². The first-order valence-corrected chi connectivity index (χ1v) is 10.1. The van der Waals surface area contributed by atoms with Crippen LogP contribution in [0.15, 0.2) is 48.7 Å². The largest absolute Gasteiger partial charge is 0.382 e. The molecule has 2 aromatic carbocycles. The van der Waals surface area contributed by atoms with Crippen LogP contribution in [-0.4, -0.2) is 32.1 Å². The Morgan fingerprint density at radius 1 is 1.10 bits per heavy atom. The summed E-state index contributed by atoms with van der Waals surface area (Å²) in [4.78, 5) is 22.1. The third-order valence-electron chi connectivity index (χ3n) is 5.40. The normalized spacial score (nSPS) is 13.9. The number of H-pyrrole nitrogens is 1. The number of amides is 1. The molecule has 0 aliphatic heterocycles. The maximum Gasteiger partial charge on any atom is 0.273 e. The number of aromatic nitrogens is 4. The molecule has 5 rings (SSSR count). The van der Waals surface area contributed by atoms with Gasteiger partial charge in [-0.3, -0.25) is 9.89 Å². The van der Waals surface area contributed by atoms with Gasteiger partial charge in [0.05, 0.1) is 28.1 Å². The molecule has 1 aliphatic rings. The van der Waals surface area contributed by atoms with Crippen molar-refractivity contribution >= 4 is 34.2 Å². The van der Waals surface area contributed by atoms with E-state index in [4.69, 9.17) is 17.3 Å². The highest BCUT2D eigenvalue weighted by Gasteiger charge is 2.25. The number of nitrogens with one attached hydrogen (secondary N) is 2. The lowest BCUT2D eigenvalue weighted by atomic mass is 9.93. The number of nitrogen functional groups attached to an aromatic ring is 1. The van der Waals surface area contributed by atoms with Crippen LogP contribution >= 0.6 is 11.6 Å². The number of carbonyl (C=O) groups excluding carboxylic acids is 1. The fourth-order valence-electron chi connectivity index (χ4n) is 3.57. The van der Waals surface area contributed by atoms with Gasteiger partial charge >= 0.3 is 0 Å². The summed E-state index contributed by atoms with van der Waals surface area (Å²) in [6.45, 7) is 0. The zero-order chi connectivity index (χ0) is 20.7. The molecule has 150 valence electrons. The molecule has 0 atom stereocenters. The van der Waals surface area contributed by atoms with Crippen LogP contribution in [0.3, 0.4) is 0 Å². The first-order chi connectivity index (χ1) is 14.6. The van der Waals surface area contributed by atoms with E-state index in [0.29, 0.717) is 16.4 Å². The average molecular weight is 419 g/mol. The molecular weight excluding hydrogens is 400 g/mol. The lowest BCUT2D eigenvalue weighted by Crippen LogP contribution is -2.40. The van der Waals surface area contributed by atoms with Gasteiger partial charge in [-0.25, -0.2) is 9.97 Å². The number of aromatic amines is 1. The van der Waals surface area contributed by atoms with E-state index in [9.17, 15) is 4.79 Å². The Labute approximate surface area is 177 Å². The summed E-state index contributed by atoms with van der Waals surface area (Å²) >= 11 is 6.46. The van der Waals surface area contributed by atoms with E-state index < -0.39 is 0 Å². The number of fused-ring (bicyclic) bond motifs is 1. The number of carbonyl (C=O) groups is 1. The van der Waals surface area contributed by atoms with E-state index in [1.54, 1.807) is 12.3 Å². The molecule has 1 saturated carbocycles. The Morgan fingerprint density at radius 2 is 1.87 bits per heavy atom. The molecule has 0 spiro atoms. The van der Waals surface area contributed by atoms with Crippen LogP contribution in [0.25, 0.3) is 33.4 Å². The molecule has 0 bridgehead atoms. The van der Waals surface area contributed by atoms with E-state index in [1.165, 1.54) is 0 Å². The lowest BCUT2D eigenvalue weighted by molar-refractivity contribution is 0.0912. The summed E-state index contributed by atoms with van der Waals surface area (Å²) in [6, 6.07) is 13.5. The van der Waals surface area contributed by atoms with Crippen molar-refractivity contribution in [3.05, 3.63) is 59.4 Å². The maximum atomic E-state index is 12.8. The van der Waals surface area contributed by atoms with Crippen molar-refractivity contribution in [1.82, 2.24) is 25.5 Å². The molecule has 0 radical (unpaired) electrons. The first kappa shape index (κ1) is 18.6. The molecule has 30 heavy (non-hydrogen) atoms. The summed E-state index contributed by atoms with van der Waals surface area (Å²) in [5, 5.41) is 11.3. The molecule has 4 N–H and O–H groups in total. The number of hydrogen-bond donors (Lipinski definition) is 3. The van der Waals surface area contributed by atoms with Crippen molar-refractivity contribution in [2.24, 2.45) is 0 Å². The van der Waals surface area contributed by atoms with Gasteiger partial charge in [-0.2, -0.15) is 5.10 Å². The van der Waals surface area contributed by atoms with Crippen LogP contribution < -0.4 is 11.1 Å². The Hall–Kier alpha value is -3.45. The van der Waals surface area contributed by atoms with Gasteiger partial charge in [-0.1, -0.05) is 41.9 Å². The number of rotatable bonds is 4. The van der Waals surface area contributed by atoms with Gasteiger partial charge in [0, 0.05) is 22.6 Å². The Morgan fingerprint density at radius 3 is 2.60 bits per heavy atom. The van der Waals surface area contributed by atoms with Crippen LogP contribution in [0.1, 0.15) is 29.8 Å². The third-order valence-corrected chi connectivity index (χ3v) is 5.70. The summed E-state index contributed by atoms with van der Waals surface area (Å²) in [5.41, 5.74) is 9.75. The highest BCUT2D eigenvalue weighted by Crippen LogP contribution is 2.35. The number of nitrogens with zero attached hydrogens (tertiary/aromatic N) is 3. The van der Waals surface area contributed by atoms with E-state index in [-0.39, 0.29) is 23.5 Å². The molecule has 4 aromatic rings. The second-order valence-electron chi connectivity index (χ2n) is 7.41. The smallest absolute Gasteiger partial charge is 0.273 e. The van der Waals surface area contributed by atoms with Gasteiger partial charge in [0.2, 0.25) is 0 Å². The molecule has 2 heterocycles. The van der Waals surface area contributed by atoms with Crippen molar-refractivity contribution in [3.8, 4) is 22.5 Å². The van der Waals surface area contributed by atoms with Crippen LogP contribution in [-0.2, 0) is 0 Å². The number of halogens is 1. The molecule has 1 fully saturated rings. The van der Waals surface area contributed by atoms with Crippen LogP contribution in [0.5, 0.6) is 0 Å². The van der Waals surface area contributed by atoms with Gasteiger partial charge in [0.25, 0.3) is 5.91 Å². The quantitative estimate of drug-likeness (QED) is 0.460. The van der Waals surface area contributed by atoms with Crippen molar-refractivity contribution in [3.63, 3.8) is 0 Å². The second-order valence-corrected chi connectivity index (χ2v) is 7.82. The molecule has 8 heteroatoms. The molecule has 1 aliphatic carbocycles. The summed E-state index contributed by atoms with van der Waals surface area (Å²) < 4.78 is 0. The maximum absolute atomic E-state index is 12.8. The molecule has 7 nitrogen and oxygen atoms in total. The predicted molar refractivity (Wildman–Crippen MR) is 117 cm³/mol. The molecule has 0 unspecified atom stereocenters. The Bertz CT molecular complexity index is 1250. The van der Waals surface area contributed by atoms with Crippen LogP contribution in [0.4, 0.5) is 5.82 Å². The van der Waals surface area contributed by atoms with Crippen molar-refractivity contribution < 1.29 is 4.79 Å². The SMILES string of the molecule is Nc1nc(-c2ccccc2)c(-c2cc(Cl)c3[nH]ncc3c2)nc1C(=O)NC1CCC1. The van der Waals surface area contributed by atoms with Crippen molar-refractivity contribution in [2.75, 3.05) is 5.73 Å². The lowest BCUT2D eigenvalue weighted by Gasteiger charge is -2.26. The minimum Gasteiger partial charge on any atom is -0.382 e. The monoisotopic (exact) mass is 418 g/mol.